The molecule has 0 saturated heterocycles. The number of hydrogen-bond donors (Lipinski definition) is 3. The van der Waals surface area contributed by atoms with Gasteiger partial charge in [-0.25, -0.2) is 9.13 Å². The minimum Gasteiger partial charge on any atom is -0.462 e. The van der Waals surface area contributed by atoms with Crippen molar-refractivity contribution in [2.45, 2.75) is 354 Å². The minimum absolute atomic E-state index is 0.0341. The lowest BCUT2D eigenvalue weighted by molar-refractivity contribution is -0.161. The van der Waals surface area contributed by atoms with Gasteiger partial charge in [0.2, 0.25) is 0 Å². The number of rotatable bonds is 75. The molecule has 0 bridgehead atoms. The standard InChI is InChI=1S/C83H144O17P2/c1-5-9-13-17-21-25-29-33-36-37-38-39-42-45-48-52-56-60-64-68-81(86)94-74-79(100-83(88)70-66-62-58-54-50-46-41-35-31-27-23-19-15-11-7-3)76-98-102(91,92)96-72-77(84)71-95-101(89,90)97-75-78(99-82(87)69-65-61-57-53-49-43-32-28-24-20-16-12-8-4)73-93-80(85)67-63-59-55-51-47-44-40-34-30-26-22-18-14-10-6-2/h9,13,21-22,25-26,33-36,38-41,45,48,56,60,77-79,84H,5-8,10-12,14-20,23-24,27-32,37,42-44,46-47,49-55,57-59,61-76H2,1-4H3,(H,89,90)(H,91,92)/b13-9-,25-21-,26-22-,36-33-,39-38-,40-34-,41-35-,48-45-,60-56-. The van der Waals surface area contributed by atoms with E-state index in [1.165, 1.54) is 109 Å². The van der Waals surface area contributed by atoms with Crippen molar-refractivity contribution in [1.29, 1.82) is 0 Å². The summed E-state index contributed by atoms with van der Waals surface area (Å²) in [6.07, 6.45) is 80.8. The molecule has 5 unspecified atom stereocenters. The van der Waals surface area contributed by atoms with Gasteiger partial charge in [0.1, 0.15) is 19.3 Å². The second-order valence-electron chi connectivity index (χ2n) is 26.6. The summed E-state index contributed by atoms with van der Waals surface area (Å²) in [5.41, 5.74) is 0. The molecule has 17 nitrogen and oxygen atoms in total. The van der Waals surface area contributed by atoms with Crippen LogP contribution in [-0.4, -0.2) is 96.7 Å². The molecular weight excluding hydrogens is 1330 g/mol. The van der Waals surface area contributed by atoms with Gasteiger partial charge in [0, 0.05) is 25.7 Å². The van der Waals surface area contributed by atoms with Crippen LogP contribution in [0.2, 0.25) is 0 Å². The molecule has 0 fully saturated rings. The Kier molecular flexibility index (Phi) is 71.8. The van der Waals surface area contributed by atoms with Gasteiger partial charge in [-0.3, -0.25) is 37.3 Å². The Balaban J connectivity index is 5.42. The number of unbranched alkanes of at least 4 members (excludes halogenated alkanes) is 31. The van der Waals surface area contributed by atoms with E-state index < -0.39 is 97.5 Å². The summed E-state index contributed by atoms with van der Waals surface area (Å²) < 4.78 is 68.5. The third-order valence-electron chi connectivity index (χ3n) is 16.7. The average molecular weight is 1480 g/mol. The van der Waals surface area contributed by atoms with Crippen molar-refractivity contribution in [3.63, 3.8) is 0 Å². The zero-order valence-corrected chi connectivity index (χ0v) is 66.0. The van der Waals surface area contributed by atoms with E-state index in [9.17, 15) is 43.2 Å². The van der Waals surface area contributed by atoms with E-state index in [4.69, 9.17) is 37.0 Å². The Hall–Kier alpha value is -4.28. The molecule has 0 rings (SSSR count). The predicted octanol–water partition coefficient (Wildman–Crippen LogP) is 23.3. The molecule has 0 aromatic carbocycles. The van der Waals surface area contributed by atoms with Crippen LogP contribution in [0.25, 0.3) is 0 Å². The largest absolute Gasteiger partial charge is 0.472 e. The van der Waals surface area contributed by atoms with E-state index in [-0.39, 0.29) is 25.7 Å². The lowest BCUT2D eigenvalue weighted by Crippen LogP contribution is -2.30. The van der Waals surface area contributed by atoms with E-state index in [1.807, 2.05) is 18.2 Å². The average Bonchev–Trinajstić information content (AvgIpc) is 0.924. The van der Waals surface area contributed by atoms with Crippen LogP contribution in [0.5, 0.6) is 0 Å². The maximum absolute atomic E-state index is 13.1. The lowest BCUT2D eigenvalue weighted by atomic mass is 10.0. The summed E-state index contributed by atoms with van der Waals surface area (Å²) in [4.78, 5) is 73.0. The summed E-state index contributed by atoms with van der Waals surface area (Å²) in [5.74, 6) is -2.28. The van der Waals surface area contributed by atoms with E-state index in [2.05, 4.69) is 119 Å². The van der Waals surface area contributed by atoms with Crippen molar-refractivity contribution in [1.82, 2.24) is 0 Å². The van der Waals surface area contributed by atoms with E-state index in [1.54, 1.807) is 0 Å². The molecule has 0 aromatic rings. The van der Waals surface area contributed by atoms with Crippen LogP contribution in [0.15, 0.2) is 109 Å². The number of phosphoric ester groups is 2. The van der Waals surface area contributed by atoms with E-state index in [0.29, 0.717) is 32.1 Å². The van der Waals surface area contributed by atoms with Crippen molar-refractivity contribution in [2.24, 2.45) is 0 Å². The minimum atomic E-state index is -4.99. The SMILES string of the molecule is CC/C=C\C/C=C\C/C=C\C/C=C\C/C=C\C/C=C\CCC(=O)OCC(COP(=O)(O)OCC(O)COP(=O)(O)OCC(COC(=O)CCCCCCC/C=C\C/C=C\CCCCC)OC(=O)CCCCCCCCCCCCCCC)OC(=O)CCCCCCC/C=C\CCCCCCCC. The van der Waals surface area contributed by atoms with Crippen LogP contribution in [0.4, 0.5) is 0 Å². The van der Waals surface area contributed by atoms with E-state index >= 15 is 0 Å². The number of aliphatic hydroxyl groups excluding tert-OH is 1. The molecule has 588 valence electrons. The van der Waals surface area contributed by atoms with Gasteiger partial charge in [-0.1, -0.05) is 298 Å². The molecule has 102 heavy (non-hydrogen) atoms. The maximum Gasteiger partial charge on any atom is 0.472 e. The highest BCUT2D eigenvalue weighted by Gasteiger charge is 2.30. The van der Waals surface area contributed by atoms with Gasteiger partial charge in [0.15, 0.2) is 12.2 Å². The highest BCUT2D eigenvalue weighted by atomic mass is 31.2. The molecule has 0 spiro atoms. The normalized spacial score (nSPS) is 14.5. The number of ether oxygens (including phenoxy) is 4. The van der Waals surface area contributed by atoms with Gasteiger partial charge in [0.05, 0.1) is 26.4 Å². The first-order valence-corrected chi connectivity index (χ1v) is 43.1. The monoisotopic (exact) mass is 1470 g/mol. The van der Waals surface area contributed by atoms with Gasteiger partial charge in [-0.2, -0.15) is 0 Å². The molecule has 0 aromatic heterocycles. The highest BCUT2D eigenvalue weighted by molar-refractivity contribution is 7.47. The number of carbonyl (C=O) groups excluding carboxylic acids is 4. The molecule has 0 aliphatic rings. The van der Waals surface area contributed by atoms with Crippen molar-refractivity contribution in [3.05, 3.63) is 109 Å². The van der Waals surface area contributed by atoms with Crippen molar-refractivity contribution >= 4 is 39.5 Å². The first-order chi connectivity index (χ1) is 49.7. The van der Waals surface area contributed by atoms with E-state index in [0.717, 1.165) is 141 Å². The van der Waals surface area contributed by atoms with Crippen LogP contribution in [-0.2, 0) is 65.4 Å². The van der Waals surface area contributed by atoms with Crippen LogP contribution >= 0.6 is 15.6 Å². The third kappa shape index (κ3) is 74.0. The number of carbonyl (C=O) groups is 4. The Labute approximate surface area is 619 Å². The van der Waals surface area contributed by atoms with Crippen molar-refractivity contribution in [2.75, 3.05) is 39.6 Å². The molecular formula is C83H144O17P2. The van der Waals surface area contributed by atoms with Gasteiger partial charge in [-0.05, 0) is 122 Å². The lowest BCUT2D eigenvalue weighted by Gasteiger charge is -2.21. The molecule has 0 aliphatic carbocycles. The van der Waals surface area contributed by atoms with Gasteiger partial charge < -0.3 is 33.8 Å². The molecule has 0 radical (unpaired) electrons. The fraction of sp³-hybridized carbons (Fsp3) is 0.735. The maximum atomic E-state index is 13.1. The zero-order chi connectivity index (χ0) is 74.6. The number of esters is 4. The molecule has 5 atom stereocenters. The molecule has 0 saturated carbocycles. The zero-order valence-electron chi connectivity index (χ0n) is 64.3. The smallest absolute Gasteiger partial charge is 0.462 e. The Morgan fingerprint density at radius 3 is 0.873 bits per heavy atom. The van der Waals surface area contributed by atoms with Gasteiger partial charge in [-0.15, -0.1) is 0 Å². The van der Waals surface area contributed by atoms with Crippen LogP contribution in [0.1, 0.15) is 336 Å². The molecule has 19 heteroatoms. The highest BCUT2D eigenvalue weighted by Crippen LogP contribution is 2.45. The Bertz CT molecular complexity index is 2360. The van der Waals surface area contributed by atoms with Gasteiger partial charge in [0.25, 0.3) is 0 Å². The first-order valence-electron chi connectivity index (χ1n) is 40.1. The van der Waals surface area contributed by atoms with Crippen LogP contribution in [0.3, 0.4) is 0 Å². The summed E-state index contributed by atoms with van der Waals surface area (Å²) in [7, 11) is -9.98. The number of hydrogen-bond acceptors (Lipinski definition) is 15. The second-order valence-corrected chi connectivity index (χ2v) is 29.5. The Morgan fingerprint density at radius 2 is 0.529 bits per heavy atom. The molecule has 0 aliphatic heterocycles. The van der Waals surface area contributed by atoms with Gasteiger partial charge >= 0.3 is 39.5 Å². The predicted molar refractivity (Wildman–Crippen MR) is 418 cm³/mol. The summed E-state index contributed by atoms with van der Waals surface area (Å²) in [6.45, 7) is 4.65. The molecule has 3 N–H and O–H groups in total. The number of aliphatic hydroxyl groups is 1. The number of allylic oxidation sites excluding steroid dienone is 18. The quantitative estimate of drug-likeness (QED) is 0.0169. The second kappa shape index (κ2) is 75.0. The Morgan fingerprint density at radius 1 is 0.284 bits per heavy atom. The molecule has 0 heterocycles. The van der Waals surface area contributed by atoms with Crippen LogP contribution in [0, 0.1) is 0 Å². The van der Waals surface area contributed by atoms with Crippen molar-refractivity contribution in [3.8, 4) is 0 Å². The fourth-order valence-corrected chi connectivity index (χ4v) is 12.2. The number of phosphoric acid groups is 2. The summed E-state index contributed by atoms with van der Waals surface area (Å²) in [5, 5.41) is 10.6. The fourth-order valence-electron chi connectivity index (χ4n) is 10.6. The van der Waals surface area contributed by atoms with Crippen LogP contribution < -0.4 is 0 Å². The molecule has 0 amide bonds. The summed E-state index contributed by atoms with van der Waals surface area (Å²) >= 11 is 0. The van der Waals surface area contributed by atoms with Crippen molar-refractivity contribution < 1.29 is 80.2 Å². The topological polar surface area (TPSA) is 237 Å². The third-order valence-corrected chi connectivity index (χ3v) is 18.6. The summed E-state index contributed by atoms with van der Waals surface area (Å²) in [6, 6.07) is 0. The first kappa shape index (κ1) is 97.7.